The average Bonchev–Trinajstić information content (AvgIpc) is 2.13. The van der Waals surface area contributed by atoms with E-state index >= 15 is 0 Å². The van der Waals surface area contributed by atoms with Crippen molar-refractivity contribution in [2.45, 2.75) is 45.4 Å². The molecular formula is C12H24N2O3. The lowest BCUT2D eigenvalue weighted by molar-refractivity contribution is -0.145. The van der Waals surface area contributed by atoms with E-state index in [1.807, 2.05) is 27.7 Å². The molecule has 5 nitrogen and oxygen atoms in total. The van der Waals surface area contributed by atoms with Crippen molar-refractivity contribution < 1.29 is 14.6 Å². The predicted molar refractivity (Wildman–Crippen MR) is 66.2 cm³/mol. The summed E-state index contributed by atoms with van der Waals surface area (Å²) < 4.78 is 5.80. The second-order valence-corrected chi connectivity index (χ2v) is 5.33. The second kappa shape index (κ2) is 5.80. The maximum absolute atomic E-state index is 11.1. The number of carboxylic acid groups (broad SMARTS) is 1. The van der Waals surface area contributed by atoms with Crippen molar-refractivity contribution in [2.75, 3.05) is 26.2 Å². The molecule has 2 atom stereocenters. The smallest absolute Gasteiger partial charge is 0.322 e. The summed E-state index contributed by atoms with van der Waals surface area (Å²) in [7, 11) is 0. The van der Waals surface area contributed by atoms with Gasteiger partial charge in [-0.25, -0.2) is 0 Å². The molecule has 0 amide bonds. The molecule has 0 aromatic rings. The van der Waals surface area contributed by atoms with Crippen molar-refractivity contribution in [1.29, 1.82) is 0 Å². The molecule has 2 N–H and O–H groups in total. The number of carboxylic acids is 1. The average molecular weight is 244 g/mol. The van der Waals surface area contributed by atoms with E-state index in [1.165, 1.54) is 0 Å². The number of hydrogen-bond donors (Lipinski definition) is 2. The van der Waals surface area contributed by atoms with Gasteiger partial charge in [-0.1, -0.05) is 6.92 Å². The summed E-state index contributed by atoms with van der Waals surface area (Å²) in [5, 5.41) is 12.1. The van der Waals surface area contributed by atoms with Crippen molar-refractivity contribution >= 4 is 5.97 Å². The molecule has 0 aromatic heterocycles. The van der Waals surface area contributed by atoms with Gasteiger partial charge in [0.2, 0.25) is 0 Å². The largest absolute Gasteiger partial charge is 0.480 e. The number of rotatable bonds is 5. The Bertz CT molecular complexity index is 268. The molecule has 17 heavy (non-hydrogen) atoms. The van der Waals surface area contributed by atoms with Gasteiger partial charge in [-0.3, -0.25) is 9.69 Å². The Hall–Kier alpha value is -0.650. The summed E-state index contributed by atoms with van der Waals surface area (Å²) >= 11 is 0. The molecule has 1 saturated heterocycles. The highest BCUT2D eigenvalue weighted by Crippen LogP contribution is 2.20. The number of aliphatic carboxylic acids is 1. The molecule has 0 radical (unpaired) electrons. The van der Waals surface area contributed by atoms with Gasteiger partial charge in [0.1, 0.15) is 6.04 Å². The summed E-state index contributed by atoms with van der Waals surface area (Å²) in [5.41, 5.74) is -0.201. The van der Waals surface area contributed by atoms with Gasteiger partial charge in [0.05, 0.1) is 11.7 Å². The van der Waals surface area contributed by atoms with Crippen LogP contribution in [0.3, 0.4) is 0 Å². The first kappa shape index (κ1) is 14.4. The van der Waals surface area contributed by atoms with Crippen LogP contribution in [0, 0.1) is 0 Å². The summed E-state index contributed by atoms with van der Waals surface area (Å²) in [4.78, 5) is 13.2. The number of nitrogens with one attached hydrogen (secondary N) is 1. The number of hydrogen-bond acceptors (Lipinski definition) is 4. The van der Waals surface area contributed by atoms with Crippen LogP contribution in [0.1, 0.15) is 27.7 Å². The second-order valence-electron chi connectivity index (χ2n) is 5.33. The van der Waals surface area contributed by atoms with E-state index in [9.17, 15) is 4.79 Å². The lowest BCUT2D eigenvalue weighted by Gasteiger charge is -2.42. The Kier molecular flexibility index (Phi) is 4.91. The van der Waals surface area contributed by atoms with Crippen LogP contribution in [0.25, 0.3) is 0 Å². The molecule has 0 bridgehead atoms. The maximum Gasteiger partial charge on any atom is 0.322 e. The standard InChI is InChI=1S/C12H24N2O3/c1-5-13-10(11(15)16)7-14-6-9(2)17-12(3,4)8-14/h9-10,13H,5-8H2,1-4H3,(H,15,16). The summed E-state index contributed by atoms with van der Waals surface area (Å²) in [6.45, 7) is 10.8. The summed E-state index contributed by atoms with van der Waals surface area (Å²) in [6, 6.07) is -0.499. The molecule has 0 aliphatic carbocycles. The quantitative estimate of drug-likeness (QED) is 0.739. The van der Waals surface area contributed by atoms with Crippen molar-refractivity contribution in [2.24, 2.45) is 0 Å². The van der Waals surface area contributed by atoms with E-state index in [0.29, 0.717) is 13.1 Å². The minimum Gasteiger partial charge on any atom is -0.480 e. The van der Waals surface area contributed by atoms with E-state index in [0.717, 1.165) is 13.1 Å². The van der Waals surface area contributed by atoms with Crippen LogP contribution in [0.5, 0.6) is 0 Å². The molecule has 5 heteroatoms. The van der Waals surface area contributed by atoms with Crippen LogP contribution in [0.4, 0.5) is 0 Å². The Morgan fingerprint density at radius 2 is 2.29 bits per heavy atom. The van der Waals surface area contributed by atoms with E-state index in [4.69, 9.17) is 9.84 Å². The topological polar surface area (TPSA) is 61.8 Å². The molecule has 2 unspecified atom stereocenters. The van der Waals surface area contributed by atoms with Crippen LogP contribution < -0.4 is 5.32 Å². The summed E-state index contributed by atoms with van der Waals surface area (Å²) in [6.07, 6.45) is 0.148. The van der Waals surface area contributed by atoms with Crippen LogP contribution in [-0.2, 0) is 9.53 Å². The molecule has 0 spiro atoms. The van der Waals surface area contributed by atoms with Gasteiger partial charge in [-0.2, -0.15) is 0 Å². The monoisotopic (exact) mass is 244 g/mol. The maximum atomic E-state index is 11.1. The zero-order valence-electron chi connectivity index (χ0n) is 11.2. The van der Waals surface area contributed by atoms with Gasteiger partial charge >= 0.3 is 5.97 Å². The highest BCUT2D eigenvalue weighted by molar-refractivity contribution is 5.73. The molecule has 1 aliphatic heterocycles. The molecule has 1 heterocycles. The lowest BCUT2D eigenvalue weighted by atomic mass is 10.0. The first-order chi connectivity index (χ1) is 7.84. The third-order valence-corrected chi connectivity index (χ3v) is 2.83. The molecule has 100 valence electrons. The fourth-order valence-corrected chi connectivity index (χ4v) is 2.46. The Balaban J connectivity index is 2.57. The van der Waals surface area contributed by atoms with Crippen LogP contribution >= 0.6 is 0 Å². The molecular weight excluding hydrogens is 220 g/mol. The normalized spacial score (nSPS) is 26.7. The SMILES string of the molecule is CCNC(CN1CC(C)OC(C)(C)C1)C(=O)O. The Morgan fingerprint density at radius 3 is 2.76 bits per heavy atom. The third kappa shape index (κ3) is 4.61. The van der Waals surface area contributed by atoms with Gasteiger partial charge in [0.15, 0.2) is 0 Å². The van der Waals surface area contributed by atoms with Crippen LogP contribution in [0.15, 0.2) is 0 Å². The van der Waals surface area contributed by atoms with Crippen LogP contribution in [0.2, 0.25) is 0 Å². The number of morpholine rings is 1. The Labute approximate surface area is 103 Å². The molecule has 1 fully saturated rings. The lowest BCUT2D eigenvalue weighted by Crippen LogP contribution is -2.56. The fourth-order valence-electron chi connectivity index (χ4n) is 2.46. The minimum absolute atomic E-state index is 0.148. The molecule has 0 saturated carbocycles. The van der Waals surface area contributed by atoms with Crippen molar-refractivity contribution in [3.63, 3.8) is 0 Å². The zero-order chi connectivity index (χ0) is 13.1. The van der Waals surface area contributed by atoms with Gasteiger partial charge in [0, 0.05) is 19.6 Å². The number of carbonyl (C=O) groups is 1. The highest BCUT2D eigenvalue weighted by Gasteiger charge is 2.33. The molecule has 0 aromatic carbocycles. The molecule has 1 aliphatic rings. The number of likely N-dealkylation sites (N-methyl/N-ethyl adjacent to an activating group) is 1. The van der Waals surface area contributed by atoms with Gasteiger partial charge < -0.3 is 15.2 Å². The molecule has 1 rings (SSSR count). The van der Waals surface area contributed by atoms with E-state index < -0.39 is 12.0 Å². The van der Waals surface area contributed by atoms with E-state index in [-0.39, 0.29) is 11.7 Å². The fraction of sp³-hybridized carbons (Fsp3) is 0.917. The summed E-state index contributed by atoms with van der Waals surface area (Å²) in [5.74, 6) is -0.788. The number of nitrogens with zero attached hydrogens (tertiary/aromatic N) is 1. The van der Waals surface area contributed by atoms with Crippen molar-refractivity contribution in [3.05, 3.63) is 0 Å². The first-order valence-corrected chi connectivity index (χ1v) is 6.20. The van der Waals surface area contributed by atoms with Gasteiger partial charge in [-0.05, 0) is 27.3 Å². The number of ether oxygens (including phenoxy) is 1. The highest BCUT2D eigenvalue weighted by atomic mass is 16.5. The van der Waals surface area contributed by atoms with E-state index in [2.05, 4.69) is 10.2 Å². The van der Waals surface area contributed by atoms with E-state index in [1.54, 1.807) is 0 Å². The van der Waals surface area contributed by atoms with Gasteiger partial charge in [0.25, 0.3) is 0 Å². The van der Waals surface area contributed by atoms with Crippen LogP contribution in [-0.4, -0.2) is 59.9 Å². The van der Waals surface area contributed by atoms with Gasteiger partial charge in [-0.15, -0.1) is 0 Å². The third-order valence-electron chi connectivity index (χ3n) is 2.83. The first-order valence-electron chi connectivity index (χ1n) is 6.20. The zero-order valence-corrected chi connectivity index (χ0v) is 11.2. The van der Waals surface area contributed by atoms with Crippen molar-refractivity contribution in [1.82, 2.24) is 10.2 Å². The van der Waals surface area contributed by atoms with Crippen molar-refractivity contribution in [3.8, 4) is 0 Å². The predicted octanol–water partition coefficient (Wildman–Crippen LogP) is 0.548. The Morgan fingerprint density at radius 1 is 1.65 bits per heavy atom. The minimum atomic E-state index is -0.788.